The van der Waals surface area contributed by atoms with Crippen LogP contribution in [0.5, 0.6) is 0 Å². The highest BCUT2D eigenvalue weighted by Gasteiger charge is 2.37. The number of thioether (sulfide) groups is 1. The van der Waals surface area contributed by atoms with Gasteiger partial charge in [-0.2, -0.15) is 11.8 Å². The molecule has 1 aliphatic carbocycles. The van der Waals surface area contributed by atoms with E-state index < -0.39 is 0 Å². The van der Waals surface area contributed by atoms with Crippen molar-refractivity contribution >= 4 is 11.8 Å². The Hall–Kier alpha value is 0.270. The molecule has 1 saturated carbocycles. The lowest BCUT2D eigenvalue weighted by molar-refractivity contribution is 0.104. The summed E-state index contributed by atoms with van der Waals surface area (Å²) in [6, 6.07) is 0.380. The van der Waals surface area contributed by atoms with Crippen LogP contribution in [0.3, 0.4) is 0 Å². The van der Waals surface area contributed by atoms with Crippen molar-refractivity contribution in [2.24, 2.45) is 17.1 Å². The summed E-state index contributed by atoms with van der Waals surface area (Å²) in [6.45, 7) is 13.2. The minimum absolute atomic E-state index is 0.336. The molecule has 0 aromatic carbocycles. The van der Waals surface area contributed by atoms with Gasteiger partial charge < -0.3 is 10.6 Å². The van der Waals surface area contributed by atoms with Crippen molar-refractivity contribution in [3.8, 4) is 0 Å². The van der Waals surface area contributed by atoms with Gasteiger partial charge in [-0.3, -0.25) is 0 Å². The van der Waals surface area contributed by atoms with Crippen molar-refractivity contribution in [2.75, 3.05) is 25.4 Å². The maximum atomic E-state index is 6.53. The quantitative estimate of drug-likeness (QED) is 0.843. The van der Waals surface area contributed by atoms with E-state index in [2.05, 4.69) is 44.4 Å². The lowest BCUT2D eigenvalue weighted by Crippen LogP contribution is -2.50. The molecule has 2 N–H and O–H groups in total. The molecule has 2 aliphatic rings. The third-order valence-electron chi connectivity index (χ3n) is 5.23. The summed E-state index contributed by atoms with van der Waals surface area (Å²) >= 11 is 2.13. The van der Waals surface area contributed by atoms with Crippen LogP contribution in [0.4, 0.5) is 0 Å². The Morgan fingerprint density at radius 2 is 1.89 bits per heavy atom. The van der Waals surface area contributed by atoms with Gasteiger partial charge in [-0.05, 0) is 37.1 Å². The largest absolute Gasteiger partial charge is 0.327 e. The van der Waals surface area contributed by atoms with Crippen LogP contribution in [-0.4, -0.2) is 41.1 Å². The van der Waals surface area contributed by atoms with Crippen molar-refractivity contribution in [2.45, 2.75) is 64.2 Å². The fraction of sp³-hybridized carbons (Fsp3) is 1.00. The first kappa shape index (κ1) is 15.7. The standard InChI is InChI=1S/C16H32N2S/c1-15(2)7-5-6-13(14(15)17)12-18-9-8-16(3,4)19-11-10-18/h13-14H,5-12,17H2,1-4H3. The highest BCUT2D eigenvalue weighted by Crippen LogP contribution is 2.38. The molecule has 19 heavy (non-hydrogen) atoms. The molecule has 1 aliphatic heterocycles. The molecule has 2 fully saturated rings. The number of nitrogens with zero attached hydrogens (tertiary/aromatic N) is 1. The smallest absolute Gasteiger partial charge is 0.0131 e. The highest BCUT2D eigenvalue weighted by atomic mass is 32.2. The molecule has 2 nitrogen and oxygen atoms in total. The van der Waals surface area contributed by atoms with Crippen LogP contribution in [0.15, 0.2) is 0 Å². The molecule has 0 spiro atoms. The third-order valence-corrected chi connectivity index (χ3v) is 6.60. The van der Waals surface area contributed by atoms with E-state index in [9.17, 15) is 0 Å². The molecule has 112 valence electrons. The van der Waals surface area contributed by atoms with Gasteiger partial charge in [0.2, 0.25) is 0 Å². The fourth-order valence-electron chi connectivity index (χ4n) is 3.59. The van der Waals surface area contributed by atoms with Crippen LogP contribution in [0.25, 0.3) is 0 Å². The molecule has 2 unspecified atom stereocenters. The molecule has 1 heterocycles. The predicted molar refractivity (Wildman–Crippen MR) is 86.7 cm³/mol. The van der Waals surface area contributed by atoms with Crippen LogP contribution in [0.2, 0.25) is 0 Å². The SMILES string of the molecule is CC1(C)CCN(CC2CCCC(C)(C)C2N)CCS1. The second-order valence-corrected chi connectivity index (χ2v) is 9.63. The Kier molecular flexibility index (Phi) is 4.90. The average Bonchev–Trinajstić information content (AvgIpc) is 2.47. The van der Waals surface area contributed by atoms with E-state index in [1.807, 2.05) is 0 Å². The molecule has 0 radical (unpaired) electrons. The van der Waals surface area contributed by atoms with Gasteiger partial charge >= 0.3 is 0 Å². The Balaban J connectivity index is 1.90. The highest BCUT2D eigenvalue weighted by molar-refractivity contribution is 8.00. The molecule has 3 heteroatoms. The lowest BCUT2D eigenvalue weighted by atomic mass is 9.68. The Bertz CT molecular complexity index is 301. The van der Waals surface area contributed by atoms with Crippen molar-refractivity contribution in [1.82, 2.24) is 4.90 Å². The van der Waals surface area contributed by atoms with E-state index >= 15 is 0 Å². The van der Waals surface area contributed by atoms with Gasteiger partial charge in [0.1, 0.15) is 0 Å². The maximum absolute atomic E-state index is 6.53. The van der Waals surface area contributed by atoms with Gasteiger partial charge in [-0.1, -0.05) is 34.1 Å². The van der Waals surface area contributed by atoms with Gasteiger partial charge in [0, 0.05) is 29.6 Å². The minimum atomic E-state index is 0.336. The molecule has 1 saturated heterocycles. The first-order valence-electron chi connectivity index (χ1n) is 7.92. The first-order valence-corrected chi connectivity index (χ1v) is 8.91. The normalized spacial score (nSPS) is 35.8. The van der Waals surface area contributed by atoms with Crippen molar-refractivity contribution < 1.29 is 0 Å². The summed E-state index contributed by atoms with van der Waals surface area (Å²) in [7, 11) is 0. The van der Waals surface area contributed by atoms with Crippen molar-refractivity contribution in [1.29, 1.82) is 0 Å². The molecule has 0 amide bonds. The van der Waals surface area contributed by atoms with E-state index in [0.717, 1.165) is 0 Å². The van der Waals surface area contributed by atoms with Gasteiger partial charge in [-0.15, -0.1) is 0 Å². The van der Waals surface area contributed by atoms with E-state index in [1.165, 1.54) is 51.1 Å². The summed E-state index contributed by atoms with van der Waals surface area (Å²) in [5.41, 5.74) is 6.87. The van der Waals surface area contributed by atoms with Crippen LogP contribution >= 0.6 is 11.8 Å². The number of hydrogen-bond donors (Lipinski definition) is 1. The molecule has 0 bridgehead atoms. The second kappa shape index (κ2) is 5.95. The van der Waals surface area contributed by atoms with Crippen molar-refractivity contribution in [3.63, 3.8) is 0 Å². The fourth-order valence-corrected chi connectivity index (χ4v) is 4.72. The molecule has 2 rings (SSSR count). The Morgan fingerprint density at radius 1 is 1.16 bits per heavy atom. The number of rotatable bonds is 2. The van der Waals surface area contributed by atoms with Gasteiger partial charge in [-0.25, -0.2) is 0 Å². The molecular weight excluding hydrogens is 252 g/mol. The van der Waals surface area contributed by atoms with Crippen LogP contribution < -0.4 is 5.73 Å². The number of hydrogen-bond acceptors (Lipinski definition) is 3. The Morgan fingerprint density at radius 3 is 2.63 bits per heavy atom. The zero-order valence-corrected chi connectivity index (χ0v) is 14.1. The van der Waals surface area contributed by atoms with Gasteiger partial charge in [0.15, 0.2) is 0 Å². The van der Waals surface area contributed by atoms with E-state index in [4.69, 9.17) is 5.73 Å². The molecule has 0 aromatic rings. The van der Waals surface area contributed by atoms with Crippen LogP contribution in [0, 0.1) is 11.3 Å². The third kappa shape index (κ3) is 4.12. The summed E-state index contributed by atoms with van der Waals surface area (Å²) in [4.78, 5) is 2.67. The average molecular weight is 285 g/mol. The molecule has 2 atom stereocenters. The minimum Gasteiger partial charge on any atom is -0.327 e. The van der Waals surface area contributed by atoms with E-state index in [-0.39, 0.29) is 0 Å². The summed E-state index contributed by atoms with van der Waals surface area (Å²) < 4.78 is 0.461. The lowest BCUT2D eigenvalue weighted by Gasteiger charge is -2.43. The first-order chi connectivity index (χ1) is 8.80. The zero-order chi connectivity index (χ0) is 14.1. The topological polar surface area (TPSA) is 29.3 Å². The van der Waals surface area contributed by atoms with E-state index in [0.29, 0.717) is 22.1 Å². The number of nitrogens with two attached hydrogens (primary N) is 1. The zero-order valence-electron chi connectivity index (χ0n) is 13.2. The van der Waals surface area contributed by atoms with Crippen LogP contribution in [0.1, 0.15) is 53.4 Å². The molecule has 0 aromatic heterocycles. The second-order valence-electron chi connectivity index (χ2n) is 7.83. The summed E-state index contributed by atoms with van der Waals surface area (Å²) in [6.07, 6.45) is 5.30. The predicted octanol–water partition coefficient (Wildman–Crippen LogP) is 3.36. The Labute approximate surface area is 123 Å². The van der Waals surface area contributed by atoms with Gasteiger partial charge in [0.25, 0.3) is 0 Å². The molecular formula is C16H32N2S. The van der Waals surface area contributed by atoms with Crippen molar-refractivity contribution in [3.05, 3.63) is 0 Å². The van der Waals surface area contributed by atoms with E-state index in [1.54, 1.807) is 0 Å². The van der Waals surface area contributed by atoms with Crippen LogP contribution in [-0.2, 0) is 0 Å². The monoisotopic (exact) mass is 284 g/mol. The summed E-state index contributed by atoms with van der Waals surface area (Å²) in [5, 5.41) is 0. The maximum Gasteiger partial charge on any atom is 0.0131 e. The van der Waals surface area contributed by atoms with Gasteiger partial charge in [0.05, 0.1) is 0 Å². The summed E-state index contributed by atoms with van der Waals surface area (Å²) in [5.74, 6) is 1.98.